The number of benzene rings is 3. The van der Waals surface area contributed by atoms with E-state index in [0.29, 0.717) is 35.2 Å². The maximum Gasteiger partial charge on any atom is 0.256 e. The van der Waals surface area contributed by atoms with Crippen molar-refractivity contribution >= 4 is 63.1 Å². The molecule has 1 aliphatic heterocycles. The zero-order valence-corrected chi connectivity index (χ0v) is 22.9. The molecular weight excluding hydrogens is 589 g/mol. The monoisotopic (exact) mass is 615 g/mol. The van der Waals surface area contributed by atoms with Crippen molar-refractivity contribution in [3.05, 3.63) is 81.9 Å². The van der Waals surface area contributed by atoms with Crippen molar-refractivity contribution in [2.45, 2.75) is 18.9 Å². The summed E-state index contributed by atoms with van der Waals surface area (Å²) in [7, 11) is 3.22. The van der Waals surface area contributed by atoms with Crippen LogP contribution in [-0.2, 0) is 16.0 Å². The van der Waals surface area contributed by atoms with Gasteiger partial charge in [-0.3, -0.25) is 14.5 Å². The van der Waals surface area contributed by atoms with Crippen LogP contribution in [-0.4, -0.2) is 48.6 Å². The summed E-state index contributed by atoms with van der Waals surface area (Å²) in [5.41, 5.74) is 2.40. The number of ether oxygens (including phenoxy) is 2. The fourth-order valence-electron chi connectivity index (χ4n) is 4.02. The molecule has 1 saturated heterocycles. The topological polar surface area (TPSA) is 71.1 Å². The lowest BCUT2D eigenvalue weighted by Crippen LogP contribution is -2.39. The Balaban J connectivity index is 1.54. The van der Waals surface area contributed by atoms with Gasteiger partial charge in [-0.1, -0.05) is 12.1 Å². The lowest BCUT2D eigenvalue weighted by molar-refractivity contribution is -0.124. The van der Waals surface area contributed by atoms with Gasteiger partial charge < -0.3 is 19.7 Å². The number of halogens is 1. The number of thiocarbonyl (C=S) groups is 1. The Kier molecular flexibility index (Phi) is 8.42. The molecule has 1 N–H and O–H groups in total. The number of hydrogen-bond acceptors (Lipinski definition) is 5. The van der Waals surface area contributed by atoms with E-state index in [-0.39, 0.29) is 18.2 Å². The molecule has 1 aliphatic rings. The molecule has 36 heavy (non-hydrogen) atoms. The fraction of sp³-hybridized carbons (Fsp3) is 0.222. The second kappa shape index (κ2) is 11.7. The quantitative estimate of drug-likeness (QED) is 0.274. The van der Waals surface area contributed by atoms with Crippen LogP contribution in [0.15, 0.2) is 72.8 Å². The van der Waals surface area contributed by atoms with E-state index in [1.54, 1.807) is 38.5 Å². The zero-order chi connectivity index (χ0) is 25.7. The second-order valence-corrected chi connectivity index (χ2v) is 9.83. The number of rotatable bonds is 9. The molecule has 0 aliphatic carbocycles. The van der Waals surface area contributed by atoms with Gasteiger partial charge in [0.2, 0.25) is 5.91 Å². The van der Waals surface area contributed by atoms with Gasteiger partial charge in [0.15, 0.2) is 5.11 Å². The number of anilines is 2. The highest BCUT2D eigenvalue weighted by molar-refractivity contribution is 14.1. The van der Waals surface area contributed by atoms with Gasteiger partial charge in [-0.15, -0.1) is 0 Å². The van der Waals surface area contributed by atoms with Crippen molar-refractivity contribution in [2.24, 2.45) is 0 Å². The van der Waals surface area contributed by atoms with Crippen molar-refractivity contribution in [3.8, 4) is 11.5 Å². The largest absolute Gasteiger partial charge is 0.497 e. The van der Waals surface area contributed by atoms with E-state index in [1.807, 2.05) is 53.4 Å². The number of carbonyl (C=O) groups excluding carboxylic acids is 2. The molecule has 1 unspecified atom stereocenters. The van der Waals surface area contributed by atoms with E-state index in [4.69, 9.17) is 21.7 Å². The van der Waals surface area contributed by atoms with Crippen LogP contribution in [0.3, 0.4) is 0 Å². The fourth-order valence-corrected chi connectivity index (χ4v) is 4.79. The lowest BCUT2D eigenvalue weighted by atomic mass is 10.1. The van der Waals surface area contributed by atoms with Crippen LogP contribution >= 0.6 is 34.8 Å². The Morgan fingerprint density at radius 1 is 0.944 bits per heavy atom. The van der Waals surface area contributed by atoms with Gasteiger partial charge in [-0.05, 0) is 107 Å². The van der Waals surface area contributed by atoms with E-state index < -0.39 is 6.04 Å². The summed E-state index contributed by atoms with van der Waals surface area (Å²) < 4.78 is 11.5. The van der Waals surface area contributed by atoms with Crippen LogP contribution in [0.25, 0.3) is 0 Å². The zero-order valence-electron chi connectivity index (χ0n) is 19.9. The number of carbonyl (C=O) groups is 2. The third-order valence-corrected chi connectivity index (χ3v) is 7.09. The third-order valence-electron chi connectivity index (χ3n) is 5.96. The molecule has 3 aromatic rings. The van der Waals surface area contributed by atoms with Crippen LogP contribution in [0.5, 0.6) is 11.5 Å². The molecule has 2 amide bonds. The van der Waals surface area contributed by atoms with Gasteiger partial charge in [0.1, 0.15) is 17.5 Å². The molecule has 1 atom stereocenters. The van der Waals surface area contributed by atoms with Crippen molar-refractivity contribution in [2.75, 3.05) is 31.0 Å². The average molecular weight is 615 g/mol. The standard InChI is InChI=1S/C27H26IN3O4S/c1-34-22-11-3-18(4-12-22)15-16-30-24(17-25(32)29-20-7-5-19(28)6-8-20)26(33)31(27(30)36)21-9-13-23(35-2)14-10-21/h3-14,24H,15-17H2,1-2H3,(H,29,32). The highest BCUT2D eigenvalue weighted by Gasteiger charge is 2.43. The number of amides is 2. The number of nitrogens with zero attached hydrogens (tertiary/aromatic N) is 2. The minimum atomic E-state index is -0.707. The number of nitrogens with one attached hydrogen (secondary N) is 1. The first-order valence-corrected chi connectivity index (χ1v) is 12.9. The summed E-state index contributed by atoms with van der Waals surface area (Å²) >= 11 is 7.97. The Morgan fingerprint density at radius 3 is 2.11 bits per heavy atom. The van der Waals surface area contributed by atoms with Gasteiger partial charge in [0.05, 0.1) is 26.3 Å². The van der Waals surface area contributed by atoms with Crippen molar-refractivity contribution in [1.29, 1.82) is 0 Å². The third kappa shape index (κ3) is 5.96. The second-order valence-electron chi connectivity index (χ2n) is 8.22. The molecule has 0 spiro atoms. The predicted octanol–water partition coefficient (Wildman–Crippen LogP) is 4.88. The molecule has 186 valence electrons. The summed E-state index contributed by atoms with van der Waals surface area (Å²) in [6.45, 7) is 0.491. The lowest BCUT2D eigenvalue weighted by Gasteiger charge is -2.24. The molecule has 4 rings (SSSR count). The van der Waals surface area contributed by atoms with E-state index in [1.165, 1.54) is 4.90 Å². The Morgan fingerprint density at radius 2 is 1.53 bits per heavy atom. The van der Waals surface area contributed by atoms with Gasteiger partial charge in [-0.2, -0.15) is 0 Å². The Hall–Kier alpha value is -3.18. The highest BCUT2D eigenvalue weighted by Crippen LogP contribution is 2.29. The molecule has 0 aromatic heterocycles. The number of hydrogen-bond donors (Lipinski definition) is 1. The smallest absolute Gasteiger partial charge is 0.256 e. The molecular formula is C27H26IN3O4S. The predicted molar refractivity (Wildman–Crippen MR) is 153 cm³/mol. The van der Waals surface area contributed by atoms with Gasteiger partial charge in [0, 0.05) is 15.8 Å². The van der Waals surface area contributed by atoms with Crippen molar-refractivity contribution in [1.82, 2.24) is 4.90 Å². The normalized spacial score (nSPS) is 15.2. The van der Waals surface area contributed by atoms with Crippen LogP contribution in [0.4, 0.5) is 11.4 Å². The minimum Gasteiger partial charge on any atom is -0.497 e. The summed E-state index contributed by atoms with van der Waals surface area (Å²) in [4.78, 5) is 29.9. The first kappa shape index (κ1) is 25.9. The molecule has 0 saturated carbocycles. The maximum atomic E-state index is 13.6. The van der Waals surface area contributed by atoms with E-state index in [2.05, 4.69) is 27.9 Å². The summed E-state index contributed by atoms with van der Waals surface area (Å²) in [5.74, 6) is 0.989. The molecule has 1 fully saturated rings. The molecule has 1 heterocycles. The van der Waals surface area contributed by atoms with Gasteiger partial charge >= 0.3 is 0 Å². The Bertz CT molecular complexity index is 1230. The molecule has 7 nitrogen and oxygen atoms in total. The summed E-state index contributed by atoms with van der Waals surface area (Å²) in [6.07, 6.45) is 0.642. The summed E-state index contributed by atoms with van der Waals surface area (Å²) in [5, 5.41) is 3.28. The van der Waals surface area contributed by atoms with Crippen LogP contribution in [0.1, 0.15) is 12.0 Å². The van der Waals surface area contributed by atoms with Crippen LogP contribution < -0.4 is 19.7 Å². The maximum absolute atomic E-state index is 13.6. The van der Waals surface area contributed by atoms with Crippen LogP contribution in [0, 0.1) is 3.57 Å². The molecule has 0 radical (unpaired) electrons. The van der Waals surface area contributed by atoms with Crippen LogP contribution in [0.2, 0.25) is 0 Å². The average Bonchev–Trinajstić information content (AvgIpc) is 3.12. The van der Waals surface area contributed by atoms with E-state index >= 15 is 0 Å². The first-order valence-electron chi connectivity index (χ1n) is 11.4. The minimum absolute atomic E-state index is 0.0137. The molecule has 9 heteroatoms. The van der Waals surface area contributed by atoms with Gasteiger partial charge in [0.25, 0.3) is 5.91 Å². The van der Waals surface area contributed by atoms with E-state index in [9.17, 15) is 9.59 Å². The summed E-state index contributed by atoms with van der Waals surface area (Å²) in [6, 6.07) is 21.7. The highest BCUT2D eigenvalue weighted by atomic mass is 127. The molecule has 3 aromatic carbocycles. The van der Waals surface area contributed by atoms with Gasteiger partial charge in [-0.25, -0.2) is 0 Å². The SMILES string of the molecule is COc1ccc(CCN2C(=S)N(c3ccc(OC)cc3)C(=O)C2CC(=O)Nc2ccc(I)cc2)cc1. The van der Waals surface area contributed by atoms with E-state index in [0.717, 1.165) is 14.9 Å². The van der Waals surface area contributed by atoms with Crippen molar-refractivity contribution < 1.29 is 19.1 Å². The number of methoxy groups -OCH3 is 2. The molecule has 0 bridgehead atoms. The van der Waals surface area contributed by atoms with Crippen molar-refractivity contribution in [3.63, 3.8) is 0 Å². The first-order chi connectivity index (χ1) is 17.4. The Labute approximate surface area is 229 Å².